The summed E-state index contributed by atoms with van der Waals surface area (Å²) >= 11 is 6.69. The van der Waals surface area contributed by atoms with E-state index in [1.807, 2.05) is 45.4 Å². The number of fused-ring (bicyclic) bond motifs is 1. The van der Waals surface area contributed by atoms with E-state index >= 15 is 0 Å². The SMILES string of the molecule is CC(C)(C)[S+]([O-])NC[C@@H]1CCCC12CCN(c1ncc(Sc3ccnnc3Cl)c3nccn13)CC2. The summed E-state index contributed by atoms with van der Waals surface area (Å²) in [5.41, 5.74) is 1.20. The lowest BCUT2D eigenvalue weighted by molar-refractivity contribution is 0.150. The standard InChI is InChI=1S/C24H32ClN7OS2/c1-23(2,3)35(33)29-15-17-5-4-7-24(17)8-12-31(13-9-24)22-27-16-19(21-26-11-14-32(21)22)34-18-6-10-28-30-20(18)25/h6,10-11,14,16-17,29H,4-5,7-9,12-13,15H2,1-3H3/t17-,35?/m0/s1. The van der Waals surface area contributed by atoms with Gasteiger partial charge in [0, 0.05) is 49.6 Å². The molecule has 2 fully saturated rings. The lowest BCUT2D eigenvalue weighted by Gasteiger charge is -2.43. The minimum Gasteiger partial charge on any atom is -0.598 e. The molecule has 1 aliphatic heterocycles. The van der Waals surface area contributed by atoms with Crippen LogP contribution in [0.1, 0.15) is 52.9 Å². The first-order chi connectivity index (χ1) is 16.8. The quantitative estimate of drug-likeness (QED) is 0.453. The number of hydrogen-bond donors (Lipinski definition) is 1. The summed E-state index contributed by atoms with van der Waals surface area (Å²) in [6.45, 7) is 8.84. The molecule has 188 valence electrons. The van der Waals surface area contributed by atoms with E-state index in [1.165, 1.54) is 31.0 Å². The van der Waals surface area contributed by atoms with E-state index in [4.69, 9.17) is 16.6 Å². The number of imidazole rings is 1. The molecule has 35 heavy (non-hydrogen) atoms. The van der Waals surface area contributed by atoms with Crippen LogP contribution in [0.15, 0.2) is 40.6 Å². The van der Waals surface area contributed by atoms with Crippen molar-refractivity contribution in [3.8, 4) is 0 Å². The van der Waals surface area contributed by atoms with Gasteiger partial charge in [-0.1, -0.05) is 29.8 Å². The Morgan fingerprint density at radius 1 is 1.20 bits per heavy atom. The van der Waals surface area contributed by atoms with Gasteiger partial charge in [-0.3, -0.25) is 4.40 Å². The zero-order valence-electron chi connectivity index (χ0n) is 20.4. The fourth-order valence-electron chi connectivity index (χ4n) is 5.42. The highest BCUT2D eigenvalue weighted by molar-refractivity contribution is 7.99. The Balaban J connectivity index is 1.29. The minimum atomic E-state index is -1.02. The van der Waals surface area contributed by atoms with Crippen molar-refractivity contribution >= 4 is 46.3 Å². The van der Waals surface area contributed by atoms with Crippen molar-refractivity contribution < 1.29 is 4.55 Å². The van der Waals surface area contributed by atoms with Crippen molar-refractivity contribution in [1.82, 2.24) is 29.3 Å². The van der Waals surface area contributed by atoms with Crippen molar-refractivity contribution in [2.45, 2.75) is 67.4 Å². The van der Waals surface area contributed by atoms with Gasteiger partial charge in [0.15, 0.2) is 10.8 Å². The zero-order chi connectivity index (χ0) is 24.6. The molecule has 1 unspecified atom stereocenters. The van der Waals surface area contributed by atoms with E-state index in [1.54, 1.807) is 6.20 Å². The molecule has 1 N–H and O–H groups in total. The minimum absolute atomic E-state index is 0.235. The van der Waals surface area contributed by atoms with Crippen LogP contribution in [-0.2, 0) is 11.4 Å². The highest BCUT2D eigenvalue weighted by atomic mass is 35.5. The monoisotopic (exact) mass is 533 g/mol. The second kappa shape index (κ2) is 10.0. The molecule has 1 saturated heterocycles. The molecule has 1 spiro atoms. The van der Waals surface area contributed by atoms with Crippen LogP contribution in [0.2, 0.25) is 5.15 Å². The number of aromatic nitrogens is 5. The van der Waals surface area contributed by atoms with Gasteiger partial charge in [-0.15, -0.1) is 9.82 Å². The Kier molecular flexibility index (Phi) is 7.20. The number of halogens is 1. The molecule has 11 heteroatoms. The average Bonchev–Trinajstić information content (AvgIpc) is 3.47. The van der Waals surface area contributed by atoms with Crippen molar-refractivity contribution in [2.24, 2.45) is 11.3 Å². The van der Waals surface area contributed by atoms with Crippen molar-refractivity contribution in [2.75, 3.05) is 24.5 Å². The Hall–Kier alpha value is -1.59. The second-order valence-electron chi connectivity index (χ2n) is 10.5. The smallest absolute Gasteiger partial charge is 0.211 e. The molecule has 3 aromatic rings. The molecule has 1 saturated carbocycles. The third-order valence-electron chi connectivity index (χ3n) is 7.39. The summed E-state index contributed by atoms with van der Waals surface area (Å²) in [6, 6.07) is 1.85. The molecular weight excluding hydrogens is 502 g/mol. The van der Waals surface area contributed by atoms with E-state index in [0.717, 1.165) is 53.9 Å². The van der Waals surface area contributed by atoms with E-state index in [2.05, 4.69) is 29.2 Å². The largest absolute Gasteiger partial charge is 0.598 e. The van der Waals surface area contributed by atoms with Gasteiger partial charge in [0.05, 0.1) is 16.0 Å². The number of rotatable bonds is 6. The summed E-state index contributed by atoms with van der Waals surface area (Å²) in [5, 5.41) is 8.12. The van der Waals surface area contributed by atoms with Crippen LogP contribution in [0, 0.1) is 11.3 Å². The van der Waals surface area contributed by atoms with Crippen LogP contribution in [0.25, 0.3) is 5.65 Å². The number of anilines is 1. The maximum atomic E-state index is 12.5. The molecule has 4 heterocycles. The molecular formula is C24H32ClN7OS2. The zero-order valence-corrected chi connectivity index (χ0v) is 22.8. The summed E-state index contributed by atoms with van der Waals surface area (Å²) in [5.74, 6) is 1.51. The molecule has 0 amide bonds. The molecule has 0 aromatic carbocycles. The third-order valence-corrected chi connectivity index (χ3v) is 10.4. The van der Waals surface area contributed by atoms with Crippen LogP contribution in [0.4, 0.5) is 5.95 Å². The molecule has 8 nitrogen and oxygen atoms in total. The molecule has 5 rings (SSSR count). The van der Waals surface area contributed by atoms with E-state index in [-0.39, 0.29) is 4.75 Å². The predicted octanol–water partition coefficient (Wildman–Crippen LogP) is 4.76. The van der Waals surface area contributed by atoms with Crippen LogP contribution in [-0.4, -0.2) is 53.5 Å². The van der Waals surface area contributed by atoms with Crippen LogP contribution in [0.5, 0.6) is 0 Å². The summed E-state index contributed by atoms with van der Waals surface area (Å²) < 4.78 is 17.7. The molecule has 3 aromatic heterocycles. The van der Waals surface area contributed by atoms with Crippen LogP contribution in [0.3, 0.4) is 0 Å². The van der Waals surface area contributed by atoms with Crippen molar-refractivity contribution in [3.63, 3.8) is 0 Å². The average molecular weight is 534 g/mol. The third kappa shape index (κ3) is 5.13. The lowest BCUT2D eigenvalue weighted by atomic mass is 9.70. The fraction of sp³-hybridized carbons (Fsp3) is 0.583. The van der Waals surface area contributed by atoms with Gasteiger partial charge in [0.2, 0.25) is 5.95 Å². The Bertz CT molecular complexity index is 1180. The lowest BCUT2D eigenvalue weighted by Crippen LogP contribution is -2.47. The molecule has 0 bridgehead atoms. The maximum Gasteiger partial charge on any atom is 0.211 e. The molecule has 2 aliphatic rings. The highest BCUT2D eigenvalue weighted by Gasteiger charge is 2.45. The first-order valence-electron chi connectivity index (χ1n) is 12.1. The van der Waals surface area contributed by atoms with Gasteiger partial charge in [-0.05, 0) is 63.9 Å². The fourth-order valence-corrected chi connectivity index (χ4v) is 7.27. The highest BCUT2D eigenvalue weighted by Crippen LogP contribution is 2.50. The summed E-state index contributed by atoms with van der Waals surface area (Å²) in [4.78, 5) is 13.6. The number of nitrogens with one attached hydrogen (secondary N) is 1. The first-order valence-corrected chi connectivity index (χ1v) is 14.5. The predicted molar refractivity (Wildman–Crippen MR) is 141 cm³/mol. The van der Waals surface area contributed by atoms with E-state index in [9.17, 15) is 4.55 Å². The number of hydrogen-bond acceptors (Lipinski definition) is 8. The summed E-state index contributed by atoms with van der Waals surface area (Å²) in [6.07, 6.45) is 13.3. The Morgan fingerprint density at radius 2 is 2.00 bits per heavy atom. The van der Waals surface area contributed by atoms with Crippen LogP contribution < -0.4 is 9.62 Å². The van der Waals surface area contributed by atoms with Gasteiger partial charge < -0.3 is 9.45 Å². The number of nitrogens with zero attached hydrogens (tertiary/aromatic N) is 6. The van der Waals surface area contributed by atoms with Crippen molar-refractivity contribution in [1.29, 1.82) is 0 Å². The maximum absolute atomic E-state index is 12.5. The molecule has 2 atom stereocenters. The van der Waals surface area contributed by atoms with E-state index < -0.39 is 11.4 Å². The van der Waals surface area contributed by atoms with Crippen molar-refractivity contribution in [3.05, 3.63) is 36.0 Å². The van der Waals surface area contributed by atoms with Gasteiger partial charge in [-0.25, -0.2) is 9.97 Å². The number of piperidine rings is 1. The normalized spacial score (nSPS) is 21.2. The van der Waals surface area contributed by atoms with Gasteiger partial charge in [0.25, 0.3) is 0 Å². The van der Waals surface area contributed by atoms with Gasteiger partial charge >= 0.3 is 0 Å². The summed E-state index contributed by atoms with van der Waals surface area (Å²) in [7, 11) is 0. The topological polar surface area (TPSA) is 94.3 Å². The van der Waals surface area contributed by atoms with Gasteiger partial charge in [0.1, 0.15) is 4.75 Å². The Morgan fingerprint density at radius 3 is 2.74 bits per heavy atom. The van der Waals surface area contributed by atoms with Gasteiger partial charge in [-0.2, -0.15) is 5.10 Å². The molecule has 0 radical (unpaired) electrons. The molecule has 1 aliphatic carbocycles. The second-order valence-corrected chi connectivity index (χ2v) is 14.0. The first kappa shape index (κ1) is 25.1. The van der Waals surface area contributed by atoms with E-state index in [0.29, 0.717) is 16.5 Å². The van der Waals surface area contributed by atoms with Crippen LogP contribution >= 0.6 is 23.4 Å². The Labute approximate surface area is 219 Å².